The number of hydrazine groups is 1. The molecular formula is C10H12KN3OS2. The molecule has 0 saturated heterocycles. The van der Waals surface area contributed by atoms with E-state index in [1.807, 2.05) is 31.1 Å². The molecule has 17 heavy (non-hydrogen) atoms. The largest absolute Gasteiger partial charge is 1.00 e. The standard InChI is InChI=1S/C10H13N3OS2.K/c1-13(2)8-5-3-7(4-6-8)9(14)11-12-10(15)16;/h3-6H,1-2H3,(H,11,14)(H2,12,15,16);/q;+1/p-1. The number of nitrogens with one attached hydrogen (secondary N) is 2. The molecule has 1 rings (SSSR count). The van der Waals surface area contributed by atoms with Crippen molar-refractivity contribution in [1.29, 1.82) is 0 Å². The van der Waals surface area contributed by atoms with Crippen molar-refractivity contribution in [2.45, 2.75) is 0 Å². The van der Waals surface area contributed by atoms with E-state index in [1.54, 1.807) is 12.1 Å². The van der Waals surface area contributed by atoms with Gasteiger partial charge in [0.15, 0.2) is 0 Å². The Kier molecular flexibility index (Phi) is 8.47. The Morgan fingerprint density at radius 2 is 1.76 bits per heavy atom. The van der Waals surface area contributed by atoms with E-state index in [1.165, 1.54) is 0 Å². The molecule has 2 N–H and O–H groups in total. The second-order valence-corrected chi connectivity index (χ2v) is 4.38. The Labute approximate surface area is 154 Å². The number of amides is 1. The van der Waals surface area contributed by atoms with Gasteiger partial charge in [-0.15, -0.1) is 0 Å². The van der Waals surface area contributed by atoms with Crippen LogP contribution < -0.4 is 67.1 Å². The number of anilines is 1. The molecule has 4 nitrogen and oxygen atoms in total. The number of carbonyl (C=O) groups is 1. The molecular weight excluding hydrogens is 281 g/mol. The number of thiocarbonyl (C=S) groups is 1. The summed E-state index contributed by atoms with van der Waals surface area (Å²) in [6.45, 7) is 0. The molecule has 1 aromatic rings. The average Bonchev–Trinajstić information content (AvgIpc) is 2.26. The summed E-state index contributed by atoms with van der Waals surface area (Å²) in [5.41, 5.74) is 6.39. The van der Waals surface area contributed by atoms with E-state index in [-0.39, 0.29) is 61.6 Å². The van der Waals surface area contributed by atoms with Gasteiger partial charge in [-0.3, -0.25) is 10.2 Å². The van der Waals surface area contributed by atoms with Gasteiger partial charge < -0.3 is 35.2 Å². The molecule has 0 fully saturated rings. The van der Waals surface area contributed by atoms with Crippen molar-refractivity contribution in [3.05, 3.63) is 29.8 Å². The van der Waals surface area contributed by atoms with E-state index in [0.717, 1.165) is 5.69 Å². The van der Waals surface area contributed by atoms with E-state index in [9.17, 15) is 4.79 Å². The van der Waals surface area contributed by atoms with Gasteiger partial charge in [0.1, 0.15) is 0 Å². The number of benzene rings is 1. The zero-order chi connectivity index (χ0) is 12.1. The average molecular weight is 293 g/mol. The van der Waals surface area contributed by atoms with Crippen molar-refractivity contribution in [2.24, 2.45) is 0 Å². The van der Waals surface area contributed by atoms with Gasteiger partial charge in [-0.25, -0.2) is 0 Å². The number of hydrogen-bond donors (Lipinski definition) is 2. The first-order valence-electron chi connectivity index (χ1n) is 4.55. The SMILES string of the molecule is CN(C)c1ccc(C(=O)NNC(=S)[S-])cc1.[K+]. The third-order valence-electron chi connectivity index (χ3n) is 1.92. The molecule has 0 aromatic heterocycles. The summed E-state index contributed by atoms with van der Waals surface area (Å²) in [5, 5.41) is 0. The fourth-order valence-corrected chi connectivity index (χ4v) is 1.19. The molecule has 7 heteroatoms. The summed E-state index contributed by atoms with van der Waals surface area (Å²) in [5.74, 6) is -0.266. The van der Waals surface area contributed by atoms with Crippen LogP contribution in [0.15, 0.2) is 24.3 Å². The van der Waals surface area contributed by atoms with Gasteiger partial charge in [-0.2, -0.15) is 0 Å². The topological polar surface area (TPSA) is 44.4 Å². The molecule has 0 bridgehead atoms. The second-order valence-electron chi connectivity index (χ2n) is 3.31. The monoisotopic (exact) mass is 293 g/mol. The Morgan fingerprint density at radius 3 is 2.18 bits per heavy atom. The van der Waals surface area contributed by atoms with E-state index < -0.39 is 0 Å². The van der Waals surface area contributed by atoms with E-state index >= 15 is 0 Å². The Morgan fingerprint density at radius 1 is 1.24 bits per heavy atom. The minimum atomic E-state index is -0.266. The van der Waals surface area contributed by atoms with Gasteiger partial charge in [0.2, 0.25) is 0 Å². The summed E-state index contributed by atoms with van der Waals surface area (Å²) in [7, 11) is 3.87. The second kappa shape index (κ2) is 8.36. The van der Waals surface area contributed by atoms with Crippen LogP contribution >= 0.6 is 12.2 Å². The van der Waals surface area contributed by atoms with Crippen LogP contribution in [0.2, 0.25) is 0 Å². The molecule has 0 aliphatic rings. The first-order chi connectivity index (χ1) is 7.50. The van der Waals surface area contributed by atoms with Gasteiger partial charge >= 0.3 is 51.4 Å². The van der Waals surface area contributed by atoms with E-state index in [0.29, 0.717) is 5.56 Å². The van der Waals surface area contributed by atoms with Crippen molar-refractivity contribution in [3.63, 3.8) is 0 Å². The normalized spacial score (nSPS) is 8.82. The molecule has 0 heterocycles. The van der Waals surface area contributed by atoms with Crippen LogP contribution in [0.4, 0.5) is 5.69 Å². The molecule has 0 aliphatic carbocycles. The molecule has 0 saturated carbocycles. The third-order valence-corrected chi connectivity index (χ3v) is 2.13. The van der Waals surface area contributed by atoms with Crippen molar-refractivity contribution < 1.29 is 56.2 Å². The number of nitrogens with zero attached hydrogens (tertiary/aromatic N) is 1. The van der Waals surface area contributed by atoms with E-state index in [2.05, 4.69) is 35.7 Å². The zero-order valence-electron chi connectivity index (χ0n) is 9.98. The van der Waals surface area contributed by atoms with Crippen LogP contribution in [-0.2, 0) is 12.6 Å². The minimum Gasteiger partial charge on any atom is -0.410 e. The fourth-order valence-electron chi connectivity index (χ4n) is 1.09. The third kappa shape index (κ3) is 6.09. The molecule has 0 radical (unpaired) electrons. The Balaban J connectivity index is 0.00000256. The molecule has 1 aromatic carbocycles. The maximum atomic E-state index is 11.5. The first-order valence-corrected chi connectivity index (χ1v) is 5.37. The Hall–Kier alpha value is 0.236. The Bertz CT molecular complexity index is 395. The van der Waals surface area contributed by atoms with Crippen LogP contribution in [-0.4, -0.2) is 24.3 Å². The van der Waals surface area contributed by atoms with Crippen LogP contribution in [0, 0.1) is 0 Å². The quantitative estimate of drug-likeness (QED) is 0.281. The van der Waals surface area contributed by atoms with Gasteiger partial charge in [0.25, 0.3) is 5.91 Å². The number of carbonyl (C=O) groups excluding carboxylic acids is 1. The summed E-state index contributed by atoms with van der Waals surface area (Å²) >= 11 is 9.20. The van der Waals surface area contributed by atoms with Gasteiger partial charge in [-0.05, 0) is 28.6 Å². The molecule has 1 amide bonds. The van der Waals surface area contributed by atoms with Crippen molar-refractivity contribution in [2.75, 3.05) is 19.0 Å². The van der Waals surface area contributed by atoms with Crippen molar-refractivity contribution >= 4 is 40.8 Å². The molecule has 0 unspecified atom stereocenters. The summed E-state index contributed by atoms with van der Waals surface area (Å²) < 4.78 is 0.110. The van der Waals surface area contributed by atoms with Crippen molar-refractivity contribution in [3.8, 4) is 0 Å². The summed E-state index contributed by atoms with van der Waals surface area (Å²) in [6.07, 6.45) is 0. The smallest absolute Gasteiger partial charge is 0.410 e. The van der Waals surface area contributed by atoms with Gasteiger partial charge in [0.05, 0.1) is 0 Å². The molecule has 0 aliphatic heterocycles. The van der Waals surface area contributed by atoms with Crippen LogP contribution in [0.1, 0.15) is 10.4 Å². The van der Waals surface area contributed by atoms with Crippen LogP contribution in [0.3, 0.4) is 0 Å². The fraction of sp³-hybridized carbons (Fsp3) is 0.200. The molecule has 86 valence electrons. The number of hydrogen-bond acceptors (Lipinski definition) is 4. The molecule has 0 spiro atoms. The predicted molar refractivity (Wildman–Crippen MR) is 71.3 cm³/mol. The van der Waals surface area contributed by atoms with Crippen molar-refractivity contribution in [1.82, 2.24) is 10.9 Å². The zero-order valence-corrected chi connectivity index (χ0v) is 14.7. The minimum absolute atomic E-state index is 0. The maximum absolute atomic E-state index is 11.5. The van der Waals surface area contributed by atoms with Gasteiger partial charge in [0, 0.05) is 25.3 Å². The first kappa shape index (κ1) is 17.2. The maximum Gasteiger partial charge on any atom is 1.00 e. The van der Waals surface area contributed by atoms with E-state index in [4.69, 9.17) is 0 Å². The summed E-state index contributed by atoms with van der Waals surface area (Å²) in [6, 6.07) is 7.19. The number of rotatable bonds is 2. The summed E-state index contributed by atoms with van der Waals surface area (Å²) in [4.78, 5) is 13.5. The van der Waals surface area contributed by atoms with Crippen LogP contribution in [0.5, 0.6) is 0 Å². The van der Waals surface area contributed by atoms with Gasteiger partial charge in [-0.1, -0.05) is 0 Å². The molecule has 0 atom stereocenters. The predicted octanol–water partition coefficient (Wildman–Crippen LogP) is -2.18. The van der Waals surface area contributed by atoms with Crippen LogP contribution in [0.25, 0.3) is 0 Å².